The molecule has 0 aromatic carbocycles. The third-order valence-corrected chi connectivity index (χ3v) is 3.00. The zero-order chi connectivity index (χ0) is 14.8. The first-order valence-electron chi connectivity index (χ1n) is 5.92. The van der Waals surface area contributed by atoms with E-state index in [2.05, 4.69) is 9.97 Å². The Bertz CT molecular complexity index is 470. The van der Waals surface area contributed by atoms with Crippen LogP contribution in [0.3, 0.4) is 0 Å². The summed E-state index contributed by atoms with van der Waals surface area (Å²) in [4.78, 5) is 21.7. The van der Waals surface area contributed by atoms with Gasteiger partial charge in [0.2, 0.25) is 5.95 Å². The molecule has 20 heavy (non-hydrogen) atoms. The second-order valence-corrected chi connectivity index (χ2v) is 4.28. The lowest BCUT2D eigenvalue weighted by atomic mass is 10.3. The van der Waals surface area contributed by atoms with E-state index in [4.69, 9.17) is 0 Å². The molecule has 1 aromatic heterocycles. The van der Waals surface area contributed by atoms with Gasteiger partial charge in [0.05, 0.1) is 5.56 Å². The number of alkyl halides is 3. The van der Waals surface area contributed by atoms with E-state index in [1.54, 1.807) is 4.90 Å². The summed E-state index contributed by atoms with van der Waals surface area (Å²) >= 11 is 0. The average Bonchev–Trinajstić information content (AvgIpc) is 2.46. The largest absolute Gasteiger partial charge is 0.419 e. The van der Waals surface area contributed by atoms with Crippen molar-refractivity contribution in [2.24, 2.45) is 0 Å². The van der Waals surface area contributed by atoms with Gasteiger partial charge in [-0.15, -0.1) is 0 Å². The predicted molar refractivity (Wildman–Crippen MR) is 61.4 cm³/mol. The van der Waals surface area contributed by atoms with Gasteiger partial charge in [-0.3, -0.25) is 4.79 Å². The van der Waals surface area contributed by atoms with Crippen molar-refractivity contribution in [3.05, 3.63) is 18.0 Å². The Kier molecular flexibility index (Phi) is 4.07. The summed E-state index contributed by atoms with van der Waals surface area (Å²) in [6.45, 7) is 0.655. The highest BCUT2D eigenvalue weighted by Crippen LogP contribution is 2.28. The predicted octanol–water partition coefficient (Wildman–Crippen LogP) is 0.574. The Balaban J connectivity index is 1.99. The van der Waals surface area contributed by atoms with E-state index in [0.717, 1.165) is 12.4 Å². The number of nitrogens with zero attached hydrogens (tertiary/aromatic N) is 4. The zero-order valence-corrected chi connectivity index (χ0v) is 10.4. The fourth-order valence-electron chi connectivity index (χ4n) is 1.88. The van der Waals surface area contributed by atoms with Crippen molar-refractivity contribution >= 4 is 11.9 Å². The maximum absolute atomic E-state index is 12.4. The van der Waals surface area contributed by atoms with Crippen LogP contribution in [0.4, 0.5) is 19.1 Å². The summed E-state index contributed by atoms with van der Waals surface area (Å²) in [6, 6.07) is 0. The Hall–Kier alpha value is -1.90. The molecule has 1 aliphatic heterocycles. The maximum atomic E-state index is 12.4. The van der Waals surface area contributed by atoms with Crippen LogP contribution in [0, 0.1) is 0 Å². The molecule has 1 aromatic rings. The normalized spacial score (nSPS) is 16.4. The first kappa shape index (κ1) is 14.5. The lowest BCUT2D eigenvalue weighted by Crippen LogP contribution is -2.50. The molecule has 0 bridgehead atoms. The molecule has 0 spiro atoms. The minimum Gasteiger partial charge on any atom is -0.337 e. The second-order valence-electron chi connectivity index (χ2n) is 4.28. The van der Waals surface area contributed by atoms with Gasteiger partial charge in [0.25, 0.3) is 5.91 Å². The highest BCUT2D eigenvalue weighted by Gasteiger charge is 2.32. The number of hydrogen-bond acceptors (Lipinski definition) is 4. The third-order valence-electron chi connectivity index (χ3n) is 3.00. The quantitative estimate of drug-likeness (QED) is 0.798. The number of rotatable bonds is 2. The van der Waals surface area contributed by atoms with Crippen LogP contribution in [0.25, 0.3) is 0 Å². The van der Waals surface area contributed by atoms with E-state index in [9.17, 15) is 23.1 Å². The standard InChI is InChI=1S/C11H12F3N4O2/c12-11(13,14)8-5-15-10(16-6-8)18-3-1-17(2-4-18)9(20)7-19/h5-6H,1-4,7H2. The van der Waals surface area contributed by atoms with Crippen LogP contribution in [0.5, 0.6) is 0 Å². The van der Waals surface area contributed by atoms with Gasteiger partial charge in [-0.2, -0.15) is 13.2 Å². The summed E-state index contributed by atoms with van der Waals surface area (Å²) in [5.41, 5.74) is -0.901. The van der Waals surface area contributed by atoms with Gasteiger partial charge in [-0.25, -0.2) is 15.1 Å². The monoisotopic (exact) mass is 289 g/mol. The summed E-state index contributed by atoms with van der Waals surface area (Å²) in [7, 11) is 0. The van der Waals surface area contributed by atoms with Crippen LogP contribution in [-0.4, -0.2) is 53.6 Å². The van der Waals surface area contributed by atoms with Gasteiger partial charge < -0.3 is 9.80 Å². The van der Waals surface area contributed by atoms with Crippen LogP contribution >= 0.6 is 0 Å². The average molecular weight is 289 g/mol. The molecule has 1 saturated heterocycles. The topological polar surface area (TPSA) is 69.2 Å². The summed E-state index contributed by atoms with van der Waals surface area (Å²) in [5.74, 6) is -0.287. The Morgan fingerprint density at radius 2 is 1.70 bits per heavy atom. The third kappa shape index (κ3) is 3.16. The Morgan fingerprint density at radius 1 is 1.15 bits per heavy atom. The van der Waals surface area contributed by atoms with Gasteiger partial charge in [-0.1, -0.05) is 0 Å². The van der Waals surface area contributed by atoms with Gasteiger partial charge in [0, 0.05) is 38.6 Å². The molecule has 0 atom stereocenters. The lowest BCUT2D eigenvalue weighted by molar-refractivity contribution is -0.138. The van der Waals surface area contributed by atoms with E-state index in [0.29, 0.717) is 26.2 Å². The van der Waals surface area contributed by atoms with Crippen LogP contribution in [0.1, 0.15) is 5.56 Å². The van der Waals surface area contributed by atoms with E-state index in [1.807, 2.05) is 0 Å². The lowest BCUT2D eigenvalue weighted by Gasteiger charge is -2.34. The molecule has 0 unspecified atom stereocenters. The molecule has 1 fully saturated rings. The van der Waals surface area contributed by atoms with E-state index < -0.39 is 24.3 Å². The van der Waals surface area contributed by atoms with Crippen molar-refractivity contribution in [2.45, 2.75) is 6.18 Å². The Morgan fingerprint density at radius 3 is 2.15 bits per heavy atom. The van der Waals surface area contributed by atoms with Gasteiger partial charge in [-0.05, 0) is 0 Å². The van der Waals surface area contributed by atoms with Gasteiger partial charge >= 0.3 is 6.18 Å². The number of carbonyl (C=O) groups is 1. The highest BCUT2D eigenvalue weighted by molar-refractivity contribution is 5.77. The Labute approximate surface area is 112 Å². The van der Waals surface area contributed by atoms with Crippen molar-refractivity contribution < 1.29 is 23.1 Å². The zero-order valence-electron chi connectivity index (χ0n) is 10.4. The molecule has 0 N–H and O–H groups in total. The van der Waals surface area contributed by atoms with Crippen molar-refractivity contribution in [3.8, 4) is 0 Å². The number of amides is 1. The molecule has 0 aliphatic carbocycles. The van der Waals surface area contributed by atoms with Crippen LogP contribution < -0.4 is 4.90 Å². The molecule has 2 rings (SSSR count). The van der Waals surface area contributed by atoms with Gasteiger partial charge in [0.1, 0.15) is 0 Å². The number of halogens is 3. The van der Waals surface area contributed by atoms with Crippen molar-refractivity contribution in [3.63, 3.8) is 0 Å². The van der Waals surface area contributed by atoms with E-state index in [-0.39, 0.29) is 5.95 Å². The molecule has 0 saturated carbocycles. The minimum atomic E-state index is -4.46. The highest BCUT2D eigenvalue weighted by atomic mass is 19.4. The van der Waals surface area contributed by atoms with Crippen molar-refractivity contribution in [1.82, 2.24) is 14.9 Å². The van der Waals surface area contributed by atoms with E-state index in [1.165, 1.54) is 4.90 Å². The molecule has 1 amide bonds. The second kappa shape index (κ2) is 5.61. The first-order valence-corrected chi connectivity index (χ1v) is 5.92. The molecule has 109 valence electrons. The fourth-order valence-corrected chi connectivity index (χ4v) is 1.88. The molecule has 1 aliphatic rings. The number of piperazine rings is 1. The number of aromatic nitrogens is 2. The maximum Gasteiger partial charge on any atom is 0.419 e. The SMILES string of the molecule is [O]CC(=O)N1CCN(c2ncc(C(F)(F)F)cn2)CC1. The summed E-state index contributed by atoms with van der Waals surface area (Å²) in [5, 5.41) is 10.5. The summed E-state index contributed by atoms with van der Waals surface area (Å²) in [6.07, 6.45) is -2.99. The van der Waals surface area contributed by atoms with Crippen LogP contribution in [0.15, 0.2) is 12.4 Å². The molecule has 1 radical (unpaired) electrons. The fraction of sp³-hybridized carbons (Fsp3) is 0.545. The number of anilines is 1. The van der Waals surface area contributed by atoms with Crippen LogP contribution in [-0.2, 0) is 16.1 Å². The smallest absolute Gasteiger partial charge is 0.337 e. The molecule has 2 heterocycles. The first-order chi connectivity index (χ1) is 9.41. The number of carbonyl (C=O) groups excluding carboxylic acids is 1. The minimum absolute atomic E-state index is 0.187. The molecular weight excluding hydrogens is 277 g/mol. The van der Waals surface area contributed by atoms with E-state index >= 15 is 0 Å². The molecule has 9 heteroatoms. The molecule has 6 nitrogen and oxygen atoms in total. The molecular formula is C11H12F3N4O2. The number of hydrogen-bond donors (Lipinski definition) is 0. The summed E-state index contributed by atoms with van der Waals surface area (Å²) < 4.78 is 37.1. The van der Waals surface area contributed by atoms with Crippen molar-refractivity contribution in [2.75, 3.05) is 37.7 Å². The van der Waals surface area contributed by atoms with Crippen molar-refractivity contribution in [1.29, 1.82) is 0 Å². The van der Waals surface area contributed by atoms with Crippen LogP contribution in [0.2, 0.25) is 0 Å². The van der Waals surface area contributed by atoms with Gasteiger partial charge in [0.15, 0.2) is 6.61 Å².